The number of ketones is 2. The maximum absolute atomic E-state index is 13.3. The smallest absolute Gasteiger partial charge is 0.317 e. The molecule has 0 amide bonds. The van der Waals surface area contributed by atoms with Crippen LogP contribution in [-0.2, 0) is 23.9 Å². The molecule has 1 aliphatic heterocycles. The van der Waals surface area contributed by atoms with Gasteiger partial charge in [-0.05, 0) is 31.1 Å². The number of rotatable bonds is 3. The van der Waals surface area contributed by atoms with Crippen LogP contribution in [0.3, 0.4) is 0 Å². The summed E-state index contributed by atoms with van der Waals surface area (Å²) in [4.78, 5) is 39.5. The van der Waals surface area contributed by atoms with Gasteiger partial charge < -0.3 is 14.6 Å². The molecule has 0 aromatic carbocycles. The van der Waals surface area contributed by atoms with Gasteiger partial charge in [-0.2, -0.15) is 0 Å². The van der Waals surface area contributed by atoms with Crippen molar-refractivity contribution in [1.29, 1.82) is 0 Å². The Hall–Kier alpha value is -1.95. The van der Waals surface area contributed by atoms with Crippen LogP contribution in [0.5, 0.6) is 0 Å². The van der Waals surface area contributed by atoms with E-state index in [-0.39, 0.29) is 34.2 Å². The molecule has 0 aromatic heterocycles. The molecule has 6 heteroatoms. The summed E-state index contributed by atoms with van der Waals surface area (Å²) in [6.07, 6.45) is 0.794. The predicted molar refractivity (Wildman–Crippen MR) is 100 cm³/mol. The number of hydrogen-bond donors (Lipinski definition) is 1. The van der Waals surface area contributed by atoms with Crippen molar-refractivity contribution in [3.05, 3.63) is 22.5 Å². The summed E-state index contributed by atoms with van der Waals surface area (Å²) in [5.41, 5.74) is -0.887. The minimum atomic E-state index is -1.17. The number of carbonyl (C=O) groups is 3. The van der Waals surface area contributed by atoms with Gasteiger partial charge in [0.05, 0.1) is 0 Å². The SMILES string of the molecule is CCOC1C2=C(C(=O)C(=O)C(C(C)C)=C2O)C23CCCC(C)(C)C2C1OC3=O. The van der Waals surface area contributed by atoms with Gasteiger partial charge in [-0.25, -0.2) is 0 Å². The molecule has 1 heterocycles. The zero-order chi connectivity index (χ0) is 20.6. The van der Waals surface area contributed by atoms with Crippen LogP contribution in [-0.4, -0.2) is 41.5 Å². The van der Waals surface area contributed by atoms with Gasteiger partial charge in [0.25, 0.3) is 0 Å². The van der Waals surface area contributed by atoms with Crippen LogP contribution in [0.2, 0.25) is 0 Å². The molecule has 1 saturated carbocycles. The van der Waals surface area contributed by atoms with Crippen LogP contribution in [0.25, 0.3) is 0 Å². The third kappa shape index (κ3) is 2.15. The summed E-state index contributed by atoms with van der Waals surface area (Å²) >= 11 is 0. The zero-order valence-corrected chi connectivity index (χ0v) is 17.1. The van der Waals surface area contributed by atoms with E-state index in [4.69, 9.17) is 9.47 Å². The maximum atomic E-state index is 13.3. The van der Waals surface area contributed by atoms with Gasteiger partial charge in [-0.1, -0.05) is 34.1 Å². The summed E-state index contributed by atoms with van der Waals surface area (Å²) in [6, 6.07) is 0. The van der Waals surface area contributed by atoms with Crippen molar-refractivity contribution in [3.63, 3.8) is 0 Å². The molecule has 0 radical (unpaired) electrons. The van der Waals surface area contributed by atoms with Gasteiger partial charge in [0.15, 0.2) is 0 Å². The third-order valence-corrected chi connectivity index (χ3v) is 7.11. The van der Waals surface area contributed by atoms with Crippen LogP contribution in [0, 0.1) is 22.7 Å². The first-order chi connectivity index (χ1) is 13.1. The van der Waals surface area contributed by atoms with Crippen molar-refractivity contribution in [2.24, 2.45) is 22.7 Å². The second kappa shape index (κ2) is 6.02. The van der Waals surface area contributed by atoms with Gasteiger partial charge in [-0.15, -0.1) is 0 Å². The molecule has 0 spiro atoms. The van der Waals surface area contributed by atoms with Gasteiger partial charge in [0, 0.05) is 29.2 Å². The molecular formula is C22H28O6. The number of Topliss-reactive ketones (excluding diaryl/α,β-unsaturated/α-hetero) is 2. The average molecular weight is 388 g/mol. The Bertz CT molecular complexity index is 845. The molecule has 152 valence electrons. The molecule has 3 aliphatic carbocycles. The minimum absolute atomic E-state index is 0.102. The van der Waals surface area contributed by atoms with Gasteiger partial charge in [0.2, 0.25) is 11.6 Å². The number of esters is 1. The maximum Gasteiger partial charge on any atom is 0.317 e. The Balaban J connectivity index is 2.07. The molecule has 0 aromatic rings. The number of ether oxygens (including phenoxy) is 2. The van der Waals surface area contributed by atoms with Gasteiger partial charge >= 0.3 is 5.97 Å². The molecule has 2 fully saturated rings. The second-order valence-corrected chi connectivity index (χ2v) is 9.40. The summed E-state index contributed by atoms with van der Waals surface area (Å²) in [5, 5.41) is 11.1. The van der Waals surface area contributed by atoms with E-state index in [1.807, 2.05) is 6.92 Å². The summed E-state index contributed by atoms with van der Waals surface area (Å²) in [7, 11) is 0. The number of hydrogen-bond acceptors (Lipinski definition) is 6. The summed E-state index contributed by atoms with van der Waals surface area (Å²) < 4.78 is 11.8. The van der Waals surface area contributed by atoms with Crippen LogP contribution in [0.15, 0.2) is 22.5 Å². The van der Waals surface area contributed by atoms with Crippen LogP contribution in [0.1, 0.15) is 53.9 Å². The molecule has 1 N–H and O–H groups in total. The van der Waals surface area contributed by atoms with Crippen LogP contribution < -0.4 is 0 Å². The lowest BCUT2D eigenvalue weighted by Crippen LogP contribution is -2.57. The van der Waals surface area contributed by atoms with Crippen LogP contribution >= 0.6 is 0 Å². The van der Waals surface area contributed by atoms with E-state index >= 15 is 0 Å². The first-order valence-electron chi connectivity index (χ1n) is 10.2. The number of carbonyl (C=O) groups excluding carboxylic acids is 3. The third-order valence-electron chi connectivity index (χ3n) is 7.11. The standard InChI is InChI=1S/C22H28O6/c1-6-27-17-12-13(16(25)15(24)11(10(2)3)14(12)23)22-9-7-8-21(4,5)19(22)18(17)28-20(22)26/h10,17-19,23H,6-9H2,1-5H3. The number of aliphatic hydroxyl groups excluding tert-OH is 1. The van der Waals surface area contributed by atoms with Gasteiger partial charge in [-0.3, -0.25) is 14.4 Å². The quantitative estimate of drug-likeness (QED) is 0.454. The Labute approximate surface area is 165 Å². The van der Waals surface area contributed by atoms with Crippen molar-refractivity contribution >= 4 is 17.5 Å². The number of allylic oxidation sites excluding steroid dienone is 1. The Kier molecular flexibility index (Phi) is 4.17. The fraction of sp³-hybridized carbons (Fsp3) is 0.682. The lowest BCUT2D eigenvalue weighted by molar-refractivity contribution is -0.150. The minimum Gasteiger partial charge on any atom is -0.507 e. The Morgan fingerprint density at radius 3 is 2.46 bits per heavy atom. The van der Waals surface area contributed by atoms with Crippen molar-refractivity contribution in [2.75, 3.05) is 6.61 Å². The molecule has 6 nitrogen and oxygen atoms in total. The van der Waals surface area contributed by atoms with Gasteiger partial charge in [0.1, 0.15) is 23.4 Å². The molecular weight excluding hydrogens is 360 g/mol. The van der Waals surface area contributed by atoms with E-state index in [0.717, 1.165) is 12.8 Å². The highest BCUT2D eigenvalue weighted by molar-refractivity contribution is 6.51. The fourth-order valence-electron chi connectivity index (χ4n) is 6.18. The van der Waals surface area contributed by atoms with Crippen LogP contribution in [0.4, 0.5) is 0 Å². The first-order valence-corrected chi connectivity index (χ1v) is 10.2. The highest BCUT2D eigenvalue weighted by Crippen LogP contribution is 2.66. The molecule has 4 unspecified atom stereocenters. The normalized spacial score (nSPS) is 36.6. The van der Waals surface area contributed by atoms with Crippen molar-refractivity contribution < 1.29 is 29.0 Å². The highest BCUT2D eigenvalue weighted by Gasteiger charge is 2.72. The van der Waals surface area contributed by atoms with E-state index in [9.17, 15) is 19.5 Å². The second-order valence-electron chi connectivity index (χ2n) is 9.40. The first kappa shape index (κ1) is 19.4. The van der Waals surface area contributed by atoms with Crippen molar-refractivity contribution in [2.45, 2.75) is 66.1 Å². The fourth-order valence-corrected chi connectivity index (χ4v) is 6.18. The summed E-state index contributed by atoms with van der Waals surface area (Å²) in [5.74, 6) is -2.62. The predicted octanol–water partition coefficient (Wildman–Crippen LogP) is 3.06. The largest absolute Gasteiger partial charge is 0.507 e. The number of aliphatic hydroxyl groups is 1. The Morgan fingerprint density at radius 2 is 1.86 bits per heavy atom. The van der Waals surface area contributed by atoms with E-state index in [1.165, 1.54) is 0 Å². The lowest BCUT2D eigenvalue weighted by Gasteiger charge is -2.52. The van der Waals surface area contributed by atoms with Crippen molar-refractivity contribution in [1.82, 2.24) is 0 Å². The van der Waals surface area contributed by atoms with E-state index in [0.29, 0.717) is 18.6 Å². The molecule has 1 saturated heterocycles. The monoisotopic (exact) mass is 388 g/mol. The topological polar surface area (TPSA) is 89.9 Å². The molecule has 4 atom stereocenters. The molecule has 4 rings (SSSR count). The van der Waals surface area contributed by atoms with Crippen molar-refractivity contribution in [3.8, 4) is 0 Å². The Morgan fingerprint density at radius 1 is 1.18 bits per heavy atom. The molecule has 4 aliphatic rings. The molecule has 2 bridgehead atoms. The highest BCUT2D eigenvalue weighted by atomic mass is 16.6. The lowest BCUT2D eigenvalue weighted by atomic mass is 9.48. The van der Waals surface area contributed by atoms with E-state index < -0.39 is 35.2 Å². The van der Waals surface area contributed by atoms with E-state index in [1.54, 1.807) is 13.8 Å². The summed E-state index contributed by atoms with van der Waals surface area (Å²) in [6.45, 7) is 9.86. The molecule has 28 heavy (non-hydrogen) atoms. The average Bonchev–Trinajstić information content (AvgIpc) is 2.85. The van der Waals surface area contributed by atoms with E-state index in [2.05, 4.69) is 13.8 Å². The zero-order valence-electron chi connectivity index (χ0n) is 17.1.